The molecule has 1 fully saturated rings. The summed E-state index contributed by atoms with van der Waals surface area (Å²) >= 11 is 0. The Hall–Kier alpha value is -2.44. The van der Waals surface area contributed by atoms with E-state index >= 15 is 0 Å². The Morgan fingerprint density at radius 1 is 0.917 bits per heavy atom. The van der Waals surface area contributed by atoms with Gasteiger partial charge in [-0.2, -0.15) is 0 Å². The molecule has 2 aromatic carbocycles. The van der Waals surface area contributed by atoms with Crippen LogP contribution in [0.2, 0.25) is 0 Å². The second-order valence-corrected chi connectivity index (χ2v) is 5.94. The van der Waals surface area contributed by atoms with Crippen LogP contribution < -0.4 is 20.3 Å². The molecule has 4 N–H and O–H groups in total. The van der Waals surface area contributed by atoms with Gasteiger partial charge in [0.2, 0.25) is 0 Å². The predicted octanol–water partition coefficient (Wildman–Crippen LogP) is 2.44. The second-order valence-electron chi connectivity index (χ2n) is 5.94. The molecule has 0 bridgehead atoms. The zero-order chi connectivity index (χ0) is 17.3. The highest BCUT2D eigenvalue weighted by molar-refractivity contribution is 5.47. The summed E-state index contributed by atoms with van der Waals surface area (Å²) in [4.78, 5) is 0. The van der Waals surface area contributed by atoms with Crippen LogP contribution >= 0.6 is 0 Å². The maximum atomic E-state index is 10.2. The van der Waals surface area contributed by atoms with Crippen molar-refractivity contribution in [3.05, 3.63) is 47.5 Å². The minimum Gasteiger partial charge on any atom is -0.508 e. The number of aromatic hydroxyl groups is 2. The lowest BCUT2D eigenvalue weighted by molar-refractivity contribution is 0.353. The van der Waals surface area contributed by atoms with Gasteiger partial charge in [0, 0.05) is 23.6 Å². The molecule has 24 heavy (non-hydrogen) atoms. The van der Waals surface area contributed by atoms with E-state index in [0.717, 1.165) is 11.1 Å². The van der Waals surface area contributed by atoms with Gasteiger partial charge >= 0.3 is 0 Å². The normalized spacial score (nSPS) is 23.2. The van der Waals surface area contributed by atoms with Crippen molar-refractivity contribution in [3.8, 4) is 23.0 Å². The van der Waals surface area contributed by atoms with Gasteiger partial charge in [-0.3, -0.25) is 5.43 Å². The number of phenolic OH excluding ortho intramolecular Hbond substituents is 2. The van der Waals surface area contributed by atoms with Gasteiger partial charge in [0.15, 0.2) is 11.5 Å². The quantitative estimate of drug-likeness (QED) is 0.689. The van der Waals surface area contributed by atoms with Gasteiger partial charge in [-0.15, -0.1) is 0 Å². The lowest BCUT2D eigenvalue weighted by atomic mass is 9.84. The molecular weight excluding hydrogens is 308 g/mol. The molecule has 3 unspecified atom stereocenters. The molecule has 0 spiro atoms. The Bertz CT molecular complexity index is 735. The monoisotopic (exact) mass is 330 g/mol. The standard InChI is InChI=1S/C18H22N2O4/c1-10-17(11-4-7-15(23-2)16(8-11)24-3)18(20-19-10)13-6-5-12(21)9-14(13)22/h4-10,17-22H,1-3H3. The van der Waals surface area contributed by atoms with E-state index in [1.807, 2.05) is 18.2 Å². The van der Waals surface area contributed by atoms with Crippen LogP contribution in [0.1, 0.15) is 30.0 Å². The minimum atomic E-state index is -0.140. The molecule has 6 nitrogen and oxygen atoms in total. The summed E-state index contributed by atoms with van der Waals surface area (Å²) in [5, 5.41) is 19.7. The van der Waals surface area contributed by atoms with Gasteiger partial charge in [0.25, 0.3) is 0 Å². The van der Waals surface area contributed by atoms with E-state index in [0.29, 0.717) is 11.5 Å². The Labute approximate surface area is 141 Å². The summed E-state index contributed by atoms with van der Waals surface area (Å²) < 4.78 is 10.7. The predicted molar refractivity (Wildman–Crippen MR) is 90.5 cm³/mol. The molecule has 1 saturated heterocycles. The number of nitrogens with one attached hydrogen (secondary N) is 2. The minimum absolute atomic E-state index is 0.0397. The molecule has 0 saturated carbocycles. The summed E-state index contributed by atoms with van der Waals surface area (Å²) in [6.07, 6.45) is 0. The fourth-order valence-electron chi connectivity index (χ4n) is 3.30. The molecule has 0 aromatic heterocycles. The van der Waals surface area contributed by atoms with Crippen LogP contribution in [0.5, 0.6) is 23.0 Å². The zero-order valence-corrected chi connectivity index (χ0v) is 13.9. The number of ether oxygens (including phenoxy) is 2. The molecule has 3 atom stereocenters. The first kappa shape index (κ1) is 16.4. The van der Waals surface area contributed by atoms with Gasteiger partial charge in [-0.25, -0.2) is 5.43 Å². The van der Waals surface area contributed by atoms with Crippen LogP contribution in [-0.4, -0.2) is 30.5 Å². The van der Waals surface area contributed by atoms with Gasteiger partial charge in [-0.1, -0.05) is 12.1 Å². The average molecular weight is 330 g/mol. The molecule has 0 amide bonds. The summed E-state index contributed by atoms with van der Waals surface area (Å²) in [6.45, 7) is 2.08. The fourth-order valence-corrected chi connectivity index (χ4v) is 3.30. The van der Waals surface area contributed by atoms with Crippen molar-refractivity contribution in [1.29, 1.82) is 0 Å². The Balaban J connectivity index is 2.01. The van der Waals surface area contributed by atoms with E-state index in [2.05, 4.69) is 17.8 Å². The van der Waals surface area contributed by atoms with Crippen LogP contribution in [0.25, 0.3) is 0 Å². The van der Waals surface area contributed by atoms with Crippen molar-refractivity contribution >= 4 is 0 Å². The maximum absolute atomic E-state index is 10.2. The van der Waals surface area contributed by atoms with E-state index in [-0.39, 0.29) is 29.5 Å². The largest absolute Gasteiger partial charge is 0.508 e. The van der Waals surface area contributed by atoms with Crippen LogP contribution in [0.15, 0.2) is 36.4 Å². The zero-order valence-electron chi connectivity index (χ0n) is 13.9. The highest BCUT2D eigenvalue weighted by atomic mass is 16.5. The van der Waals surface area contributed by atoms with Gasteiger partial charge in [0.05, 0.1) is 20.3 Å². The first-order chi connectivity index (χ1) is 11.5. The van der Waals surface area contributed by atoms with E-state index in [9.17, 15) is 10.2 Å². The van der Waals surface area contributed by atoms with Gasteiger partial charge in [0.1, 0.15) is 11.5 Å². The van der Waals surface area contributed by atoms with E-state index in [1.54, 1.807) is 26.4 Å². The molecule has 6 heteroatoms. The molecule has 1 heterocycles. The summed E-state index contributed by atoms with van der Waals surface area (Å²) in [6, 6.07) is 10.5. The molecular formula is C18H22N2O4. The smallest absolute Gasteiger partial charge is 0.160 e. The Morgan fingerprint density at radius 2 is 1.67 bits per heavy atom. The first-order valence-corrected chi connectivity index (χ1v) is 7.80. The Kier molecular flexibility index (Phi) is 4.51. The van der Waals surface area contributed by atoms with E-state index in [4.69, 9.17) is 9.47 Å². The van der Waals surface area contributed by atoms with E-state index < -0.39 is 0 Å². The number of phenols is 2. The van der Waals surface area contributed by atoms with Crippen molar-refractivity contribution in [3.63, 3.8) is 0 Å². The molecule has 0 aliphatic carbocycles. The molecule has 2 aromatic rings. The van der Waals surface area contributed by atoms with Crippen LogP contribution in [0.3, 0.4) is 0 Å². The number of hydrazine groups is 1. The second kappa shape index (κ2) is 6.59. The molecule has 3 rings (SSSR count). The SMILES string of the molecule is COc1ccc(C2C(C)NNC2c2ccc(O)cc2O)cc1OC. The molecule has 1 aliphatic rings. The topological polar surface area (TPSA) is 83.0 Å². The molecule has 0 radical (unpaired) electrons. The summed E-state index contributed by atoms with van der Waals surface area (Å²) in [5.41, 5.74) is 8.25. The van der Waals surface area contributed by atoms with Crippen LogP contribution in [-0.2, 0) is 0 Å². The van der Waals surface area contributed by atoms with Crippen molar-refractivity contribution in [2.45, 2.75) is 24.9 Å². The number of hydrogen-bond acceptors (Lipinski definition) is 6. The van der Waals surface area contributed by atoms with Crippen molar-refractivity contribution < 1.29 is 19.7 Å². The third-order valence-corrected chi connectivity index (χ3v) is 4.51. The van der Waals surface area contributed by atoms with Gasteiger partial charge in [-0.05, 0) is 30.7 Å². The lowest BCUT2D eigenvalue weighted by Gasteiger charge is -2.23. The van der Waals surface area contributed by atoms with Crippen LogP contribution in [0, 0.1) is 0 Å². The average Bonchev–Trinajstić information content (AvgIpc) is 2.95. The highest BCUT2D eigenvalue weighted by Gasteiger charge is 2.37. The van der Waals surface area contributed by atoms with Crippen molar-refractivity contribution in [2.75, 3.05) is 14.2 Å². The number of benzene rings is 2. The first-order valence-electron chi connectivity index (χ1n) is 7.80. The molecule has 1 aliphatic heterocycles. The van der Waals surface area contributed by atoms with Crippen molar-refractivity contribution in [1.82, 2.24) is 10.9 Å². The number of hydrogen-bond donors (Lipinski definition) is 4. The van der Waals surface area contributed by atoms with Crippen LogP contribution in [0.4, 0.5) is 0 Å². The Morgan fingerprint density at radius 3 is 2.33 bits per heavy atom. The van der Waals surface area contributed by atoms with Gasteiger partial charge < -0.3 is 19.7 Å². The third kappa shape index (κ3) is 2.86. The third-order valence-electron chi connectivity index (χ3n) is 4.51. The summed E-state index contributed by atoms with van der Waals surface area (Å²) in [5.74, 6) is 1.52. The molecule has 128 valence electrons. The highest BCUT2D eigenvalue weighted by Crippen LogP contribution is 2.42. The number of methoxy groups -OCH3 is 2. The fraction of sp³-hybridized carbons (Fsp3) is 0.333. The summed E-state index contributed by atoms with van der Waals surface area (Å²) in [7, 11) is 3.22. The van der Waals surface area contributed by atoms with E-state index in [1.165, 1.54) is 6.07 Å². The van der Waals surface area contributed by atoms with Crippen molar-refractivity contribution in [2.24, 2.45) is 0 Å². The number of rotatable bonds is 4. The maximum Gasteiger partial charge on any atom is 0.160 e. The lowest BCUT2D eigenvalue weighted by Crippen LogP contribution is -2.29.